The fraction of sp³-hybridized carbons (Fsp3) is 0.308. The van der Waals surface area contributed by atoms with E-state index in [9.17, 15) is 5.11 Å². The van der Waals surface area contributed by atoms with Gasteiger partial charge in [-0.25, -0.2) is 0 Å². The fourth-order valence-corrected chi connectivity index (χ4v) is 3.99. The second-order valence-electron chi connectivity index (χ2n) is 3.88. The van der Waals surface area contributed by atoms with Gasteiger partial charge in [0.2, 0.25) is 0 Å². The molecular formula is C13H16INO. The molecule has 0 radical (unpaired) electrons. The van der Waals surface area contributed by atoms with Gasteiger partial charge < -0.3 is 5.11 Å². The lowest BCUT2D eigenvalue weighted by Gasteiger charge is -2.24. The Balaban J connectivity index is 2.00. The first-order valence-corrected chi connectivity index (χ1v) is 7.87. The van der Waals surface area contributed by atoms with Crippen LogP contribution in [-0.2, 0) is 0 Å². The first-order valence-electron chi connectivity index (χ1n) is 5.38. The molecule has 1 heterocycles. The number of aliphatic hydroxyl groups is 1. The molecule has 0 bridgehead atoms. The van der Waals surface area contributed by atoms with Crippen LogP contribution < -0.4 is 5.32 Å². The van der Waals surface area contributed by atoms with Crippen LogP contribution in [-0.4, -0.2) is 13.2 Å². The van der Waals surface area contributed by atoms with Gasteiger partial charge in [-0.05, 0) is 15.5 Å². The van der Waals surface area contributed by atoms with Gasteiger partial charge in [-0.1, -0.05) is 49.4 Å². The minimum atomic E-state index is -0.548. The van der Waals surface area contributed by atoms with Gasteiger partial charge in [0.05, 0.1) is 4.05 Å². The highest BCUT2D eigenvalue weighted by Gasteiger charge is 2.18. The van der Waals surface area contributed by atoms with Crippen molar-refractivity contribution < 1.29 is 5.11 Å². The Morgan fingerprint density at radius 2 is 2.06 bits per heavy atom. The number of halogens is 1. The molecule has 2 N–H and O–H groups in total. The van der Waals surface area contributed by atoms with Crippen LogP contribution >= 0.6 is 20.7 Å². The summed E-state index contributed by atoms with van der Waals surface area (Å²) in [5, 5.41) is 13.4. The van der Waals surface area contributed by atoms with Crippen molar-refractivity contribution in [3.8, 4) is 0 Å². The molecule has 0 spiro atoms. The minimum Gasteiger partial charge on any atom is -0.374 e. The highest BCUT2D eigenvalue weighted by Crippen LogP contribution is 2.23. The summed E-state index contributed by atoms with van der Waals surface area (Å²) in [7, 11) is 0. The molecule has 3 atom stereocenters. The molecule has 86 valence electrons. The second-order valence-corrected chi connectivity index (χ2v) is 6.66. The van der Waals surface area contributed by atoms with E-state index in [4.69, 9.17) is 0 Å². The molecule has 2 nitrogen and oxygen atoms in total. The monoisotopic (exact) mass is 329 g/mol. The zero-order valence-electron chi connectivity index (χ0n) is 9.18. The number of aliphatic hydroxyl groups excluding tert-OH is 1. The molecule has 0 aromatic heterocycles. The maximum absolute atomic E-state index is 10.1. The Hall–Kier alpha value is -0.520. The predicted molar refractivity (Wildman–Crippen MR) is 76.7 cm³/mol. The topological polar surface area (TPSA) is 32.3 Å². The summed E-state index contributed by atoms with van der Waals surface area (Å²) < 4.78 is 2.67. The summed E-state index contributed by atoms with van der Waals surface area (Å²) in [6.07, 6.45) is 3.79. The van der Waals surface area contributed by atoms with Crippen molar-refractivity contribution in [2.45, 2.75) is 17.2 Å². The molecule has 1 aliphatic heterocycles. The summed E-state index contributed by atoms with van der Waals surface area (Å²) in [6, 6.07) is 9.76. The fourth-order valence-electron chi connectivity index (χ4n) is 1.62. The van der Waals surface area contributed by atoms with Crippen molar-refractivity contribution in [1.82, 2.24) is 5.32 Å². The number of hydrogen-bond donors (Lipinski definition) is 2. The summed E-state index contributed by atoms with van der Waals surface area (Å²) in [5.74, 6) is 0.510. The van der Waals surface area contributed by atoms with Crippen molar-refractivity contribution in [3.63, 3.8) is 0 Å². The lowest BCUT2D eigenvalue weighted by Crippen LogP contribution is -2.33. The molecule has 0 fully saturated rings. The maximum Gasteiger partial charge on any atom is 0.131 e. The largest absolute Gasteiger partial charge is 0.374 e. The van der Waals surface area contributed by atoms with Crippen LogP contribution in [0.4, 0.5) is 0 Å². The molecule has 0 saturated carbocycles. The Kier molecular flexibility index (Phi) is 4.26. The van der Waals surface area contributed by atoms with Gasteiger partial charge in [-0.15, -0.1) is 20.7 Å². The lowest BCUT2D eigenvalue weighted by molar-refractivity contribution is 0.133. The van der Waals surface area contributed by atoms with E-state index in [2.05, 4.69) is 28.4 Å². The molecule has 1 aromatic rings. The van der Waals surface area contributed by atoms with Gasteiger partial charge >= 0.3 is 0 Å². The first-order chi connectivity index (χ1) is 7.77. The Morgan fingerprint density at radius 3 is 2.75 bits per heavy atom. The van der Waals surface area contributed by atoms with E-state index in [-0.39, 0.29) is 20.7 Å². The van der Waals surface area contributed by atoms with Gasteiger partial charge in [-0.3, -0.25) is 5.32 Å². The van der Waals surface area contributed by atoms with E-state index in [1.54, 1.807) is 0 Å². The average Bonchev–Trinajstić information content (AvgIpc) is 2.33. The van der Waals surface area contributed by atoms with Gasteiger partial charge in [0.15, 0.2) is 0 Å². The summed E-state index contributed by atoms with van der Waals surface area (Å²) in [5.41, 5.74) is 0.938. The lowest BCUT2D eigenvalue weighted by atomic mass is 10.1. The van der Waals surface area contributed by atoms with Gasteiger partial charge in [0.25, 0.3) is 0 Å². The normalized spacial score (nSPS) is 26.1. The molecule has 0 aliphatic carbocycles. The number of nitrogens with one attached hydrogen (secondary N) is 1. The Morgan fingerprint density at radius 1 is 1.31 bits per heavy atom. The Labute approximate surface area is 106 Å². The van der Waals surface area contributed by atoms with Crippen LogP contribution in [0.15, 0.2) is 42.5 Å². The van der Waals surface area contributed by atoms with Crippen molar-refractivity contribution >= 4 is 24.7 Å². The zero-order chi connectivity index (χ0) is 11.4. The summed E-state index contributed by atoms with van der Waals surface area (Å²) in [4.78, 5) is 0. The number of rotatable bonds is 3. The number of alkyl halides is 1. The van der Waals surface area contributed by atoms with E-state index in [0.29, 0.717) is 9.97 Å². The third-order valence-electron chi connectivity index (χ3n) is 2.59. The van der Waals surface area contributed by atoms with Crippen LogP contribution in [0, 0.1) is 5.92 Å². The highest BCUT2D eigenvalue weighted by molar-refractivity contribution is 14.2. The predicted octanol–water partition coefficient (Wildman–Crippen LogP) is 2.57. The molecule has 3 heteroatoms. The van der Waals surface area contributed by atoms with Crippen LogP contribution in [0.3, 0.4) is 0 Å². The van der Waals surface area contributed by atoms with Crippen molar-refractivity contribution in [2.24, 2.45) is 5.92 Å². The SMILES string of the molecule is CC1C=CC=IC1NC(O)c1ccccc1. The first kappa shape index (κ1) is 12.0. The third kappa shape index (κ3) is 2.99. The Bertz CT molecular complexity index is 388. The van der Waals surface area contributed by atoms with E-state index in [1.165, 1.54) is 0 Å². The van der Waals surface area contributed by atoms with Crippen LogP contribution in [0.2, 0.25) is 0 Å². The van der Waals surface area contributed by atoms with Gasteiger partial charge in [-0.2, -0.15) is 0 Å². The van der Waals surface area contributed by atoms with E-state index >= 15 is 0 Å². The quantitative estimate of drug-likeness (QED) is 0.387. The average molecular weight is 329 g/mol. The van der Waals surface area contributed by atoms with Crippen LogP contribution in [0.5, 0.6) is 0 Å². The molecule has 16 heavy (non-hydrogen) atoms. The minimum absolute atomic E-state index is 0.000125. The van der Waals surface area contributed by atoms with Crippen molar-refractivity contribution in [3.05, 3.63) is 48.0 Å². The molecular weight excluding hydrogens is 313 g/mol. The highest BCUT2D eigenvalue weighted by atomic mass is 127. The standard InChI is InChI=1S/C13H16INO/c1-10-6-5-9-14-12(10)15-13(16)11-7-3-2-4-8-11/h2-10,12-13,15-16H,1H3. The second kappa shape index (κ2) is 5.70. The van der Waals surface area contributed by atoms with E-state index in [1.807, 2.05) is 30.3 Å². The maximum atomic E-state index is 10.1. The number of benzene rings is 1. The van der Waals surface area contributed by atoms with E-state index in [0.717, 1.165) is 5.56 Å². The third-order valence-corrected chi connectivity index (χ3v) is 5.69. The van der Waals surface area contributed by atoms with E-state index < -0.39 is 6.23 Å². The van der Waals surface area contributed by atoms with Crippen LogP contribution in [0.1, 0.15) is 18.7 Å². The van der Waals surface area contributed by atoms with Gasteiger partial charge in [0.1, 0.15) is 6.23 Å². The summed E-state index contributed by atoms with van der Waals surface area (Å²) in [6.45, 7) is 2.19. The summed E-state index contributed by atoms with van der Waals surface area (Å²) >= 11 is 0.000125. The molecule has 2 rings (SSSR count). The van der Waals surface area contributed by atoms with Crippen LogP contribution in [0.25, 0.3) is 0 Å². The smallest absolute Gasteiger partial charge is 0.131 e. The molecule has 3 unspecified atom stereocenters. The van der Waals surface area contributed by atoms with Gasteiger partial charge in [0, 0.05) is 0 Å². The number of allylic oxidation sites excluding steroid dienone is 1. The number of hydrogen-bond acceptors (Lipinski definition) is 2. The molecule has 1 aliphatic rings. The molecule has 0 saturated heterocycles. The molecule has 1 aromatic carbocycles. The van der Waals surface area contributed by atoms with Crippen molar-refractivity contribution in [1.29, 1.82) is 0 Å². The molecule has 0 amide bonds. The zero-order valence-corrected chi connectivity index (χ0v) is 11.3. The van der Waals surface area contributed by atoms with Crippen molar-refractivity contribution in [2.75, 3.05) is 0 Å².